The summed E-state index contributed by atoms with van der Waals surface area (Å²) in [5, 5.41) is 2.77. The summed E-state index contributed by atoms with van der Waals surface area (Å²) < 4.78 is 4.64. The van der Waals surface area contributed by atoms with Crippen molar-refractivity contribution in [2.45, 2.75) is 6.54 Å². The first-order chi connectivity index (χ1) is 8.20. The molecule has 17 heavy (non-hydrogen) atoms. The van der Waals surface area contributed by atoms with Gasteiger partial charge in [0, 0.05) is 12.4 Å². The number of rotatable bonds is 4. The fourth-order valence-electron chi connectivity index (χ4n) is 1.26. The fourth-order valence-corrected chi connectivity index (χ4v) is 2.61. The highest BCUT2D eigenvalue weighted by Gasteiger charge is 2.13. The molecule has 0 bridgehead atoms. The quantitative estimate of drug-likeness (QED) is 0.795. The Morgan fingerprint density at radius 1 is 1.53 bits per heavy atom. The predicted octanol–water partition coefficient (Wildman–Crippen LogP) is 2.02. The van der Waals surface area contributed by atoms with Crippen molar-refractivity contribution in [1.82, 2.24) is 9.97 Å². The zero-order valence-corrected chi connectivity index (χ0v) is 11.0. The van der Waals surface area contributed by atoms with E-state index in [2.05, 4.69) is 14.7 Å². The van der Waals surface area contributed by atoms with Crippen LogP contribution in [0.4, 0.5) is 5.13 Å². The molecule has 0 N–H and O–H groups in total. The molecule has 2 rings (SSSR count). The first-order valence-electron chi connectivity index (χ1n) is 4.83. The molecule has 0 aliphatic heterocycles. The lowest BCUT2D eigenvalue weighted by Crippen LogP contribution is -2.16. The van der Waals surface area contributed by atoms with Gasteiger partial charge < -0.3 is 9.64 Å². The lowest BCUT2D eigenvalue weighted by atomic mass is 10.5. The predicted molar refractivity (Wildman–Crippen MR) is 67.7 cm³/mol. The first kappa shape index (κ1) is 12.0. The summed E-state index contributed by atoms with van der Waals surface area (Å²) in [5.74, 6) is -0.351. The monoisotopic (exact) mass is 269 g/mol. The molecule has 0 fully saturated rings. The van der Waals surface area contributed by atoms with Crippen LogP contribution < -0.4 is 4.90 Å². The van der Waals surface area contributed by atoms with Gasteiger partial charge in [0.1, 0.15) is 4.88 Å². The number of hydrogen-bond donors (Lipinski definition) is 0. The van der Waals surface area contributed by atoms with E-state index in [0.29, 0.717) is 11.4 Å². The molecule has 2 heterocycles. The Morgan fingerprint density at radius 3 is 3.00 bits per heavy atom. The molecule has 0 aliphatic carbocycles. The minimum atomic E-state index is -0.351. The van der Waals surface area contributed by atoms with E-state index in [-0.39, 0.29) is 5.97 Å². The van der Waals surface area contributed by atoms with Crippen molar-refractivity contribution in [3.05, 3.63) is 27.7 Å². The molecule has 90 valence electrons. The summed E-state index contributed by atoms with van der Waals surface area (Å²) in [6.07, 6.45) is 1.53. The van der Waals surface area contributed by atoms with Crippen LogP contribution in [0.15, 0.2) is 17.1 Å². The van der Waals surface area contributed by atoms with Crippen molar-refractivity contribution in [2.75, 3.05) is 19.1 Å². The van der Waals surface area contributed by atoms with Crippen molar-refractivity contribution >= 4 is 33.8 Å². The second-order valence-corrected chi connectivity index (χ2v) is 5.06. The summed E-state index contributed by atoms with van der Waals surface area (Å²) in [5.41, 5.74) is 2.79. The molecule has 2 aromatic rings. The fraction of sp³-hybridized carbons (Fsp3) is 0.300. The Hall–Kier alpha value is -1.47. The average Bonchev–Trinajstić information content (AvgIpc) is 2.98. The number of hydrogen-bond acceptors (Lipinski definition) is 7. The van der Waals surface area contributed by atoms with Crippen LogP contribution in [-0.4, -0.2) is 30.1 Å². The summed E-state index contributed by atoms with van der Waals surface area (Å²) in [6, 6.07) is 0. The lowest BCUT2D eigenvalue weighted by molar-refractivity contribution is 0.0606. The van der Waals surface area contributed by atoms with Crippen LogP contribution >= 0.6 is 22.7 Å². The standard InChI is InChI=1S/C10H11N3O2S2/c1-13(4-7-5-16-6-12-7)10-11-3-8(17-10)9(14)15-2/h3,5-6H,4H2,1-2H3. The maximum Gasteiger partial charge on any atom is 0.349 e. The molecule has 0 amide bonds. The van der Waals surface area contributed by atoms with Gasteiger partial charge in [0.15, 0.2) is 5.13 Å². The smallest absolute Gasteiger partial charge is 0.349 e. The number of carbonyl (C=O) groups is 1. The van der Waals surface area contributed by atoms with E-state index in [1.54, 1.807) is 16.8 Å². The molecule has 7 heteroatoms. The summed E-state index contributed by atoms with van der Waals surface area (Å²) in [6.45, 7) is 0.678. The van der Waals surface area contributed by atoms with Crippen LogP contribution in [0.1, 0.15) is 15.4 Å². The van der Waals surface area contributed by atoms with Crippen LogP contribution in [0.3, 0.4) is 0 Å². The lowest BCUT2D eigenvalue weighted by Gasteiger charge is -2.13. The number of thiazole rings is 2. The normalized spacial score (nSPS) is 10.2. The molecule has 2 aromatic heterocycles. The third-order valence-corrected chi connectivity index (χ3v) is 3.82. The van der Waals surface area contributed by atoms with Gasteiger partial charge in [0.25, 0.3) is 0 Å². The molecular formula is C10H11N3O2S2. The van der Waals surface area contributed by atoms with Crippen LogP contribution in [0.5, 0.6) is 0 Å². The van der Waals surface area contributed by atoms with E-state index < -0.39 is 0 Å². The number of aromatic nitrogens is 2. The highest BCUT2D eigenvalue weighted by atomic mass is 32.1. The van der Waals surface area contributed by atoms with Crippen molar-refractivity contribution in [2.24, 2.45) is 0 Å². The Balaban J connectivity index is 2.07. The van der Waals surface area contributed by atoms with Gasteiger partial charge in [-0.3, -0.25) is 0 Å². The second-order valence-electron chi connectivity index (χ2n) is 3.33. The van der Waals surface area contributed by atoms with Crippen LogP contribution in [0, 0.1) is 0 Å². The van der Waals surface area contributed by atoms with Gasteiger partial charge in [0.2, 0.25) is 0 Å². The Labute approximate surface area is 107 Å². The highest BCUT2D eigenvalue weighted by molar-refractivity contribution is 7.17. The first-order valence-corrected chi connectivity index (χ1v) is 6.59. The second kappa shape index (κ2) is 5.24. The molecule has 0 saturated heterocycles. The molecule has 0 spiro atoms. The zero-order chi connectivity index (χ0) is 12.3. The van der Waals surface area contributed by atoms with E-state index >= 15 is 0 Å². The summed E-state index contributed by atoms with van der Waals surface area (Å²) in [4.78, 5) is 22.1. The van der Waals surface area contributed by atoms with E-state index in [0.717, 1.165) is 10.8 Å². The van der Waals surface area contributed by atoms with E-state index in [1.807, 2.05) is 17.3 Å². The molecular weight excluding hydrogens is 258 g/mol. The minimum Gasteiger partial charge on any atom is -0.465 e. The molecule has 0 atom stereocenters. The summed E-state index contributed by atoms with van der Waals surface area (Å²) >= 11 is 2.87. The molecule has 0 aromatic carbocycles. The third kappa shape index (κ3) is 2.80. The number of methoxy groups -OCH3 is 1. The van der Waals surface area contributed by atoms with Crippen LogP contribution in [-0.2, 0) is 11.3 Å². The molecule has 0 aliphatic rings. The van der Waals surface area contributed by atoms with Gasteiger partial charge in [-0.15, -0.1) is 11.3 Å². The van der Waals surface area contributed by atoms with Gasteiger partial charge in [-0.05, 0) is 0 Å². The van der Waals surface area contributed by atoms with E-state index in [9.17, 15) is 4.79 Å². The number of anilines is 1. The van der Waals surface area contributed by atoms with Crippen LogP contribution in [0.25, 0.3) is 0 Å². The van der Waals surface area contributed by atoms with Gasteiger partial charge >= 0.3 is 5.97 Å². The Kier molecular flexibility index (Phi) is 3.70. The van der Waals surface area contributed by atoms with E-state index in [1.165, 1.54) is 24.6 Å². The maximum atomic E-state index is 11.3. The van der Waals surface area contributed by atoms with Crippen molar-refractivity contribution in [3.63, 3.8) is 0 Å². The van der Waals surface area contributed by atoms with Crippen molar-refractivity contribution < 1.29 is 9.53 Å². The molecule has 0 saturated carbocycles. The SMILES string of the molecule is COC(=O)c1cnc(N(C)Cc2cscn2)s1. The number of ether oxygens (including phenoxy) is 1. The number of carbonyl (C=O) groups excluding carboxylic acids is 1. The summed E-state index contributed by atoms with van der Waals surface area (Å²) in [7, 11) is 3.28. The molecule has 0 unspecified atom stereocenters. The van der Waals surface area contributed by atoms with Gasteiger partial charge in [0.05, 0.1) is 31.1 Å². The molecule has 0 radical (unpaired) electrons. The minimum absolute atomic E-state index is 0.351. The third-order valence-electron chi connectivity index (χ3n) is 2.09. The Morgan fingerprint density at radius 2 is 2.35 bits per heavy atom. The van der Waals surface area contributed by atoms with Gasteiger partial charge in [-0.25, -0.2) is 14.8 Å². The maximum absolute atomic E-state index is 11.3. The largest absolute Gasteiger partial charge is 0.465 e. The number of nitrogens with zero attached hydrogens (tertiary/aromatic N) is 3. The van der Waals surface area contributed by atoms with Crippen molar-refractivity contribution in [1.29, 1.82) is 0 Å². The number of esters is 1. The Bertz CT molecular complexity index is 495. The van der Waals surface area contributed by atoms with Gasteiger partial charge in [-0.2, -0.15) is 0 Å². The van der Waals surface area contributed by atoms with Crippen LogP contribution in [0.2, 0.25) is 0 Å². The average molecular weight is 269 g/mol. The topological polar surface area (TPSA) is 55.3 Å². The van der Waals surface area contributed by atoms with Crippen molar-refractivity contribution in [3.8, 4) is 0 Å². The highest BCUT2D eigenvalue weighted by Crippen LogP contribution is 2.23. The zero-order valence-electron chi connectivity index (χ0n) is 9.41. The van der Waals surface area contributed by atoms with E-state index in [4.69, 9.17) is 0 Å². The molecule has 5 nitrogen and oxygen atoms in total. The van der Waals surface area contributed by atoms with Gasteiger partial charge in [-0.1, -0.05) is 11.3 Å².